The van der Waals surface area contributed by atoms with E-state index in [9.17, 15) is 9.59 Å². The van der Waals surface area contributed by atoms with Gasteiger partial charge >= 0.3 is 0 Å². The minimum Gasteiger partial charge on any atom is -0.497 e. The molecule has 4 rings (SSSR count). The summed E-state index contributed by atoms with van der Waals surface area (Å²) in [5.74, 6) is 1.39. The molecule has 0 N–H and O–H groups in total. The van der Waals surface area contributed by atoms with Crippen LogP contribution >= 0.6 is 11.3 Å². The van der Waals surface area contributed by atoms with Crippen LogP contribution in [0.3, 0.4) is 0 Å². The van der Waals surface area contributed by atoms with Crippen molar-refractivity contribution in [2.45, 2.75) is 26.8 Å². The molecule has 0 saturated heterocycles. The molecule has 0 saturated carbocycles. The second-order valence-electron chi connectivity index (χ2n) is 8.65. The standard InChI is InChI=1S/C29H30N4O5S/c1-6-32(7-2)28(35)25-18(3)31-29-33(26(25)21-17-20(36-4)12-13-23(21)37-5)27(34)24(39-29)16-19-10-8-9-11-22(19)38-15-14-30/h8-13,16-17,26H,6-7,15H2,1-5H3/b24-16+/t26-/m1/s1. The average molecular weight is 547 g/mol. The van der Waals surface area contributed by atoms with Crippen LogP contribution in [-0.4, -0.2) is 49.3 Å². The Morgan fingerprint density at radius 3 is 2.56 bits per heavy atom. The molecule has 0 spiro atoms. The highest BCUT2D eigenvalue weighted by molar-refractivity contribution is 7.07. The number of hydrogen-bond donors (Lipinski definition) is 0. The van der Waals surface area contributed by atoms with Crippen molar-refractivity contribution in [1.82, 2.24) is 9.47 Å². The lowest BCUT2D eigenvalue weighted by Crippen LogP contribution is -2.43. The number of nitrogens with zero attached hydrogens (tertiary/aromatic N) is 4. The molecule has 3 aromatic rings. The van der Waals surface area contributed by atoms with Crippen LogP contribution in [0.25, 0.3) is 6.08 Å². The van der Waals surface area contributed by atoms with Gasteiger partial charge in [0.15, 0.2) is 11.4 Å². The largest absolute Gasteiger partial charge is 0.497 e. The van der Waals surface area contributed by atoms with Gasteiger partial charge in [0.2, 0.25) is 0 Å². The van der Waals surface area contributed by atoms with E-state index in [1.165, 1.54) is 11.3 Å². The number of allylic oxidation sites excluding steroid dienone is 1. The molecule has 0 radical (unpaired) electrons. The normalized spacial score (nSPS) is 14.8. The lowest BCUT2D eigenvalue weighted by Gasteiger charge is -2.30. The molecule has 2 heterocycles. The van der Waals surface area contributed by atoms with E-state index < -0.39 is 6.04 Å². The van der Waals surface area contributed by atoms with E-state index in [-0.39, 0.29) is 18.1 Å². The van der Waals surface area contributed by atoms with Gasteiger partial charge in [0.1, 0.15) is 29.4 Å². The minimum atomic E-state index is -0.786. The summed E-state index contributed by atoms with van der Waals surface area (Å²) in [6.07, 6.45) is 1.72. The Hall–Kier alpha value is -4.36. The number of ether oxygens (including phenoxy) is 3. The molecule has 1 aliphatic rings. The highest BCUT2D eigenvalue weighted by atomic mass is 32.1. The number of para-hydroxylation sites is 1. The van der Waals surface area contributed by atoms with Gasteiger partial charge in [-0.3, -0.25) is 14.2 Å². The Morgan fingerprint density at radius 1 is 1.15 bits per heavy atom. The summed E-state index contributed by atoms with van der Waals surface area (Å²) in [4.78, 5) is 34.8. The van der Waals surface area contributed by atoms with E-state index in [0.29, 0.717) is 62.1 Å². The lowest BCUT2D eigenvalue weighted by molar-refractivity contribution is -0.127. The number of fused-ring (bicyclic) bond motifs is 1. The topological polar surface area (TPSA) is 106 Å². The van der Waals surface area contributed by atoms with Crippen molar-refractivity contribution in [2.24, 2.45) is 4.99 Å². The van der Waals surface area contributed by atoms with Gasteiger partial charge in [-0.1, -0.05) is 29.5 Å². The third kappa shape index (κ3) is 5.31. The van der Waals surface area contributed by atoms with Crippen LogP contribution in [0.1, 0.15) is 37.9 Å². The summed E-state index contributed by atoms with van der Waals surface area (Å²) in [6, 6.07) is 13.7. The molecule has 1 amide bonds. The third-order valence-corrected chi connectivity index (χ3v) is 7.51. The minimum absolute atomic E-state index is 0.113. The van der Waals surface area contributed by atoms with Crippen molar-refractivity contribution in [1.29, 1.82) is 5.26 Å². The fourth-order valence-electron chi connectivity index (χ4n) is 4.61. The lowest BCUT2D eigenvalue weighted by atomic mass is 9.93. The maximum atomic E-state index is 14.0. The van der Waals surface area contributed by atoms with Gasteiger partial charge in [0, 0.05) is 24.2 Å². The van der Waals surface area contributed by atoms with Crippen molar-refractivity contribution >= 4 is 23.3 Å². The number of methoxy groups -OCH3 is 2. The summed E-state index contributed by atoms with van der Waals surface area (Å²) in [5, 5.41) is 8.95. The van der Waals surface area contributed by atoms with Gasteiger partial charge in [0.05, 0.1) is 30.0 Å². The second-order valence-corrected chi connectivity index (χ2v) is 9.66. The number of nitriles is 1. The number of benzene rings is 2. The molecule has 0 unspecified atom stereocenters. The Bertz CT molecular complexity index is 1640. The predicted octanol–water partition coefficient (Wildman–Crippen LogP) is 3.02. The summed E-state index contributed by atoms with van der Waals surface area (Å²) >= 11 is 1.23. The summed E-state index contributed by atoms with van der Waals surface area (Å²) < 4.78 is 18.7. The van der Waals surface area contributed by atoms with Gasteiger partial charge in [0.25, 0.3) is 11.5 Å². The van der Waals surface area contributed by atoms with Crippen LogP contribution < -0.4 is 29.1 Å². The fraction of sp³-hybridized carbons (Fsp3) is 0.310. The van der Waals surface area contributed by atoms with Gasteiger partial charge in [-0.05, 0) is 51.1 Å². The van der Waals surface area contributed by atoms with Crippen LogP contribution in [0.5, 0.6) is 17.2 Å². The van der Waals surface area contributed by atoms with Gasteiger partial charge < -0.3 is 19.1 Å². The zero-order chi connectivity index (χ0) is 28.1. The molecule has 10 heteroatoms. The maximum Gasteiger partial charge on any atom is 0.271 e. The van der Waals surface area contributed by atoms with Gasteiger partial charge in [-0.25, -0.2) is 4.99 Å². The maximum absolute atomic E-state index is 14.0. The van der Waals surface area contributed by atoms with E-state index >= 15 is 0 Å². The fourth-order valence-corrected chi connectivity index (χ4v) is 5.64. The first kappa shape index (κ1) is 27.7. The molecule has 0 bridgehead atoms. The molecule has 1 aliphatic heterocycles. The molecular formula is C29H30N4O5S. The first-order chi connectivity index (χ1) is 18.9. The Kier molecular flexibility index (Phi) is 8.52. The smallest absolute Gasteiger partial charge is 0.271 e. The molecular weight excluding hydrogens is 516 g/mol. The van der Waals surface area contributed by atoms with E-state index in [1.54, 1.807) is 67.0 Å². The summed E-state index contributed by atoms with van der Waals surface area (Å²) in [7, 11) is 3.11. The van der Waals surface area contributed by atoms with Crippen molar-refractivity contribution in [3.8, 4) is 23.3 Å². The molecule has 202 valence electrons. The third-order valence-electron chi connectivity index (χ3n) is 6.53. The van der Waals surface area contributed by atoms with Crippen molar-refractivity contribution in [2.75, 3.05) is 33.9 Å². The number of aromatic nitrogens is 1. The zero-order valence-electron chi connectivity index (χ0n) is 22.6. The highest BCUT2D eigenvalue weighted by Crippen LogP contribution is 2.38. The van der Waals surface area contributed by atoms with Gasteiger partial charge in [-0.15, -0.1) is 0 Å². The monoisotopic (exact) mass is 546 g/mol. The number of hydrogen-bond acceptors (Lipinski definition) is 8. The van der Waals surface area contributed by atoms with E-state index in [4.69, 9.17) is 24.5 Å². The highest BCUT2D eigenvalue weighted by Gasteiger charge is 2.36. The number of carbonyl (C=O) groups is 1. The van der Waals surface area contributed by atoms with E-state index in [0.717, 1.165) is 0 Å². The Morgan fingerprint density at radius 2 is 1.90 bits per heavy atom. The first-order valence-corrected chi connectivity index (χ1v) is 13.3. The summed E-state index contributed by atoms with van der Waals surface area (Å²) in [6.45, 7) is 6.53. The molecule has 1 atom stereocenters. The van der Waals surface area contributed by atoms with Crippen LogP contribution in [0.4, 0.5) is 0 Å². The van der Waals surface area contributed by atoms with Crippen LogP contribution in [0, 0.1) is 11.3 Å². The van der Waals surface area contributed by atoms with Crippen molar-refractivity contribution < 1.29 is 19.0 Å². The molecule has 1 aromatic heterocycles. The number of thiazole rings is 1. The molecule has 0 aliphatic carbocycles. The number of likely N-dealkylation sites (N-methyl/N-ethyl adjacent to an activating group) is 1. The SMILES string of the molecule is CCN(CC)C(=O)C1=C(C)N=c2s/c(=C/c3ccccc3OCC#N)c(=O)n2[C@@H]1c1cc(OC)ccc1OC. The van der Waals surface area contributed by atoms with Crippen LogP contribution in [-0.2, 0) is 4.79 Å². The first-order valence-electron chi connectivity index (χ1n) is 12.5. The van der Waals surface area contributed by atoms with Gasteiger partial charge in [-0.2, -0.15) is 5.26 Å². The quantitative estimate of drug-likeness (QED) is 0.409. The van der Waals surface area contributed by atoms with Crippen molar-refractivity contribution in [3.63, 3.8) is 0 Å². The summed E-state index contributed by atoms with van der Waals surface area (Å²) in [5.41, 5.74) is 1.91. The van der Waals surface area contributed by atoms with Crippen LogP contribution in [0.15, 0.2) is 63.5 Å². The predicted molar refractivity (Wildman–Crippen MR) is 149 cm³/mol. The molecule has 0 fully saturated rings. The molecule has 2 aromatic carbocycles. The number of rotatable bonds is 9. The Labute approximate surface area is 230 Å². The number of carbonyl (C=O) groups excluding carboxylic acids is 1. The van der Waals surface area contributed by atoms with E-state index in [1.807, 2.05) is 32.0 Å². The average Bonchev–Trinajstić information content (AvgIpc) is 3.25. The number of amides is 1. The molecule has 39 heavy (non-hydrogen) atoms. The van der Waals surface area contributed by atoms with Crippen molar-refractivity contribution in [3.05, 3.63) is 84.5 Å². The van der Waals surface area contributed by atoms with Crippen LogP contribution in [0.2, 0.25) is 0 Å². The van der Waals surface area contributed by atoms with E-state index in [2.05, 4.69) is 0 Å². The zero-order valence-corrected chi connectivity index (χ0v) is 23.4. The Balaban J connectivity index is 2.01. The second kappa shape index (κ2) is 12.0. The molecule has 9 nitrogen and oxygen atoms in total.